The molecule has 0 aliphatic rings. The van der Waals surface area contributed by atoms with E-state index in [1.807, 2.05) is 13.0 Å². The monoisotopic (exact) mass is 169 g/mol. The van der Waals surface area contributed by atoms with Gasteiger partial charge in [-0.1, -0.05) is 18.1 Å². The van der Waals surface area contributed by atoms with Gasteiger partial charge in [0.25, 0.3) is 0 Å². The van der Waals surface area contributed by atoms with Crippen LogP contribution in [0.25, 0.3) is 0 Å². The van der Waals surface area contributed by atoms with Crippen LogP contribution in [0.2, 0.25) is 0 Å². The van der Waals surface area contributed by atoms with E-state index in [9.17, 15) is 4.79 Å². The van der Waals surface area contributed by atoms with Gasteiger partial charge < -0.3 is 0 Å². The molecule has 0 atom stereocenters. The molecule has 0 aliphatic heterocycles. The van der Waals surface area contributed by atoms with Crippen LogP contribution in [0, 0.1) is 30.1 Å². The lowest BCUT2D eigenvalue weighted by molar-refractivity contribution is 0.112. The molecule has 0 aliphatic carbocycles. The molecular weight excluding hydrogens is 162 g/mol. The Bertz CT molecular complexity index is 430. The highest BCUT2D eigenvalue weighted by Crippen LogP contribution is 2.08. The van der Waals surface area contributed by atoms with E-state index in [1.165, 1.54) is 0 Å². The molecule has 0 saturated carbocycles. The molecule has 0 amide bonds. The number of benzene rings is 1. The van der Waals surface area contributed by atoms with Crippen molar-refractivity contribution in [2.45, 2.75) is 6.92 Å². The first-order chi connectivity index (χ1) is 6.27. The van der Waals surface area contributed by atoms with E-state index >= 15 is 0 Å². The zero-order chi connectivity index (χ0) is 9.68. The molecule has 0 N–H and O–H groups in total. The average Bonchev–Trinajstić information content (AvgIpc) is 2.17. The zero-order valence-corrected chi connectivity index (χ0v) is 7.16. The van der Waals surface area contributed by atoms with E-state index in [0.29, 0.717) is 5.56 Å². The van der Waals surface area contributed by atoms with Crippen LogP contribution in [-0.4, -0.2) is 6.29 Å². The first-order valence-corrected chi connectivity index (χ1v) is 3.74. The summed E-state index contributed by atoms with van der Waals surface area (Å²) in [5.41, 5.74) is 2.27. The lowest BCUT2D eigenvalue weighted by Gasteiger charge is -1.97. The van der Waals surface area contributed by atoms with Crippen LogP contribution < -0.4 is 0 Å². The molecule has 1 aromatic carbocycles. The number of rotatable bonds is 1. The fraction of sp³-hybridized carbons (Fsp3) is 0.0909. The summed E-state index contributed by atoms with van der Waals surface area (Å²) in [6, 6.07) is 6.94. The predicted molar refractivity (Wildman–Crippen MR) is 49.1 cm³/mol. The van der Waals surface area contributed by atoms with Crippen molar-refractivity contribution in [2.24, 2.45) is 0 Å². The highest BCUT2D eigenvalue weighted by atomic mass is 16.1. The molecule has 0 saturated heterocycles. The summed E-state index contributed by atoms with van der Waals surface area (Å²) in [7, 11) is 0. The lowest BCUT2D eigenvalue weighted by atomic mass is 10.1. The second-order valence-electron chi connectivity index (χ2n) is 2.55. The Morgan fingerprint density at radius 2 is 2.23 bits per heavy atom. The van der Waals surface area contributed by atoms with Gasteiger partial charge in [-0.05, 0) is 18.6 Å². The Morgan fingerprint density at radius 1 is 1.46 bits per heavy atom. The van der Waals surface area contributed by atoms with Crippen LogP contribution in [0.4, 0.5) is 0 Å². The number of aryl methyl sites for hydroxylation is 1. The highest BCUT2D eigenvalue weighted by molar-refractivity contribution is 5.76. The molecule has 0 heterocycles. The first-order valence-electron chi connectivity index (χ1n) is 3.74. The van der Waals surface area contributed by atoms with Gasteiger partial charge in [0.05, 0.1) is 0 Å². The molecule has 13 heavy (non-hydrogen) atoms. The maximum absolute atomic E-state index is 10.4. The third kappa shape index (κ3) is 2.18. The Morgan fingerprint density at radius 3 is 2.85 bits per heavy atom. The average molecular weight is 169 g/mol. The number of hydrogen-bond acceptors (Lipinski definition) is 2. The molecule has 0 bridgehead atoms. The molecule has 0 radical (unpaired) electrons. The predicted octanol–water partition coefficient (Wildman–Crippen LogP) is 1.68. The van der Waals surface area contributed by atoms with Crippen molar-refractivity contribution in [1.29, 1.82) is 5.26 Å². The molecule has 0 aromatic heterocycles. The summed E-state index contributed by atoms with van der Waals surface area (Å²) in [6.45, 7) is 1.88. The van der Waals surface area contributed by atoms with Gasteiger partial charge in [0.2, 0.25) is 0 Å². The number of aldehydes is 1. The van der Waals surface area contributed by atoms with Gasteiger partial charge in [0.1, 0.15) is 6.29 Å². The number of nitrogens with zero attached hydrogens (tertiary/aromatic N) is 1. The van der Waals surface area contributed by atoms with Crippen LogP contribution in [0.15, 0.2) is 18.2 Å². The number of carbonyl (C=O) groups is 1. The molecule has 62 valence electrons. The summed E-state index contributed by atoms with van der Waals surface area (Å²) in [4.78, 5) is 10.4. The standard InChI is InChI=1S/C11H7NO/c1-9-4-5-10(8-13)7-11(9)3-2-6-12/h4-5,7-8H,1H3. The molecule has 0 fully saturated rings. The highest BCUT2D eigenvalue weighted by Gasteiger charge is 1.95. The van der Waals surface area contributed by atoms with Gasteiger partial charge in [-0.2, -0.15) is 5.26 Å². The molecular formula is C11H7NO. The molecule has 2 nitrogen and oxygen atoms in total. The van der Waals surface area contributed by atoms with Crippen LogP contribution in [0.3, 0.4) is 0 Å². The quantitative estimate of drug-likeness (QED) is 0.474. The number of carbonyl (C=O) groups excluding carboxylic acids is 1. The third-order valence-electron chi connectivity index (χ3n) is 1.65. The van der Waals surface area contributed by atoms with Crippen molar-refractivity contribution < 1.29 is 4.79 Å². The summed E-state index contributed by atoms with van der Waals surface area (Å²) in [5.74, 6) is 4.96. The molecule has 0 spiro atoms. The van der Waals surface area contributed by atoms with Gasteiger partial charge in [-0.15, -0.1) is 0 Å². The van der Waals surface area contributed by atoms with E-state index in [1.54, 1.807) is 18.2 Å². The van der Waals surface area contributed by atoms with Crippen molar-refractivity contribution >= 4 is 6.29 Å². The van der Waals surface area contributed by atoms with E-state index < -0.39 is 0 Å². The molecule has 1 aromatic rings. The van der Waals surface area contributed by atoms with Crippen molar-refractivity contribution in [3.8, 4) is 17.9 Å². The second-order valence-corrected chi connectivity index (χ2v) is 2.55. The smallest absolute Gasteiger partial charge is 0.152 e. The van der Waals surface area contributed by atoms with E-state index in [-0.39, 0.29) is 0 Å². The van der Waals surface area contributed by atoms with Crippen LogP contribution in [0.5, 0.6) is 0 Å². The fourth-order valence-electron chi connectivity index (χ4n) is 0.943. The van der Waals surface area contributed by atoms with Crippen LogP contribution in [-0.2, 0) is 0 Å². The maximum atomic E-state index is 10.4. The van der Waals surface area contributed by atoms with Crippen LogP contribution in [0.1, 0.15) is 21.5 Å². The largest absolute Gasteiger partial charge is 0.298 e. The summed E-state index contributed by atoms with van der Waals surface area (Å²) >= 11 is 0. The lowest BCUT2D eigenvalue weighted by Crippen LogP contribution is -1.86. The normalized spacial score (nSPS) is 8.00. The fourth-order valence-corrected chi connectivity index (χ4v) is 0.943. The minimum Gasteiger partial charge on any atom is -0.298 e. The minimum absolute atomic E-state index is 0.577. The Labute approximate surface area is 76.8 Å². The van der Waals surface area contributed by atoms with Crippen molar-refractivity contribution in [2.75, 3.05) is 0 Å². The van der Waals surface area contributed by atoms with Crippen LogP contribution >= 0.6 is 0 Å². The summed E-state index contributed by atoms with van der Waals surface area (Å²) < 4.78 is 0. The Hall–Kier alpha value is -2.06. The van der Waals surface area contributed by atoms with E-state index in [0.717, 1.165) is 17.4 Å². The summed E-state index contributed by atoms with van der Waals surface area (Å²) in [6.07, 6.45) is 0.761. The van der Waals surface area contributed by atoms with Crippen molar-refractivity contribution in [3.05, 3.63) is 34.9 Å². The van der Waals surface area contributed by atoms with Gasteiger partial charge in [-0.25, -0.2) is 0 Å². The summed E-state index contributed by atoms with van der Waals surface area (Å²) in [5, 5.41) is 8.25. The maximum Gasteiger partial charge on any atom is 0.152 e. The number of hydrogen-bond donors (Lipinski definition) is 0. The van der Waals surface area contributed by atoms with Gasteiger partial charge >= 0.3 is 0 Å². The molecule has 1 rings (SSSR count). The van der Waals surface area contributed by atoms with Crippen molar-refractivity contribution in [1.82, 2.24) is 0 Å². The first kappa shape index (κ1) is 9.03. The minimum atomic E-state index is 0.577. The van der Waals surface area contributed by atoms with Gasteiger partial charge in [-0.3, -0.25) is 4.79 Å². The number of nitriles is 1. The van der Waals surface area contributed by atoms with Crippen molar-refractivity contribution in [3.63, 3.8) is 0 Å². The Kier molecular flexibility index (Phi) is 2.84. The Balaban J connectivity index is 3.20. The second kappa shape index (κ2) is 4.09. The third-order valence-corrected chi connectivity index (χ3v) is 1.65. The van der Waals surface area contributed by atoms with E-state index in [2.05, 4.69) is 11.8 Å². The topological polar surface area (TPSA) is 40.9 Å². The molecule has 0 unspecified atom stereocenters. The zero-order valence-electron chi connectivity index (χ0n) is 7.16. The van der Waals surface area contributed by atoms with Gasteiger partial charge in [0, 0.05) is 17.0 Å². The van der Waals surface area contributed by atoms with E-state index in [4.69, 9.17) is 5.26 Å². The SMILES string of the molecule is Cc1ccc(C=O)cc1C#CC#N. The molecule has 2 heteroatoms. The van der Waals surface area contributed by atoms with Gasteiger partial charge in [0.15, 0.2) is 6.07 Å².